The molecule has 0 radical (unpaired) electrons. The highest BCUT2D eigenvalue weighted by Gasteiger charge is 2.29. The SMILES string of the molecule is CC(=O)N1CCN(c2cc3c(cc2F)c(=O)c(C(=O)OCc2cccc(Cl)c2)cn3C2CC2)CC1. The predicted octanol–water partition coefficient (Wildman–Crippen LogP) is 4.15. The van der Waals surface area contributed by atoms with Gasteiger partial charge in [0.2, 0.25) is 11.3 Å². The summed E-state index contributed by atoms with van der Waals surface area (Å²) in [4.78, 5) is 41.3. The van der Waals surface area contributed by atoms with Crippen molar-refractivity contribution in [3.63, 3.8) is 0 Å². The Hall–Kier alpha value is -3.39. The summed E-state index contributed by atoms with van der Waals surface area (Å²) in [5, 5.41) is 0.673. The number of piperazine rings is 1. The Morgan fingerprint density at radius 1 is 1.11 bits per heavy atom. The van der Waals surface area contributed by atoms with E-state index in [1.807, 2.05) is 9.47 Å². The van der Waals surface area contributed by atoms with Gasteiger partial charge in [0, 0.05) is 55.8 Å². The van der Waals surface area contributed by atoms with E-state index in [1.54, 1.807) is 35.2 Å². The Labute approximate surface area is 206 Å². The van der Waals surface area contributed by atoms with E-state index in [0.29, 0.717) is 48.0 Å². The summed E-state index contributed by atoms with van der Waals surface area (Å²) in [5.74, 6) is -1.28. The zero-order valence-corrected chi connectivity index (χ0v) is 20.1. The van der Waals surface area contributed by atoms with Crippen molar-refractivity contribution in [3.05, 3.63) is 74.8 Å². The van der Waals surface area contributed by atoms with Crippen LogP contribution < -0.4 is 10.3 Å². The molecule has 2 aromatic carbocycles. The molecule has 5 rings (SSSR count). The van der Waals surface area contributed by atoms with Crippen LogP contribution in [-0.2, 0) is 16.1 Å². The number of hydrogen-bond acceptors (Lipinski definition) is 5. The number of halogens is 2. The van der Waals surface area contributed by atoms with Crippen LogP contribution in [0.2, 0.25) is 5.02 Å². The lowest BCUT2D eigenvalue weighted by Gasteiger charge is -2.36. The van der Waals surface area contributed by atoms with Crippen LogP contribution in [0.5, 0.6) is 0 Å². The summed E-state index contributed by atoms with van der Waals surface area (Å²) in [7, 11) is 0. The van der Waals surface area contributed by atoms with Crippen molar-refractivity contribution >= 4 is 40.1 Å². The highest BCUT2D eigenvalue weighted by Crippen LogP contribution is 2.38. The largest absolute Gasteiger partial charge is 0.457 e. The molecule has 2 fully saturated rings. The predicted molar refractivity (Wildman–Crippen MR) is 131 cm³/mol. The zero-order valence-electron chi connectivity index (χ0n) is 19.3. The fourth-order valence-corrected chi connectivity index (χ4v) is 4.73. The van der Waals surface area contributed by atoms with Crippen LogP contribution in [0, 0.1) is 5.82 Å². The molecule has 1 amide bonds. The standard InChI is InChI=1S/C26H25ClFN3O4/c1-16(32)29-7-9-30(10-8-29)24-13-23-20(12-22(24)28)25(33)21(14-31(23)19-5-6-19)26(34)35-15-17-3-2-4-18(27)11-17/h2-4,11-14,19H,5-10,15H2,1H3. The first-order valence-corrected chi connectivity index (χ1v) is 12.0. The lowest BCUT2D eigenvalue weighted by atomic mass is 10.1. The van der Waals surface area contributed by atoms with Crippen molar-refractivity contribution in [3.8, 4) is 0 Å². The molecule has 1 aliphatic heterocycles. The van der Waals surface area contributed by atoms with Crippen LogP contribution in [-0.4, -0.2) is 47.5 Å². The lowest BCUT2D eigenvalue weighted by Crippen LogP contribution is -2.48. The molecule has 182 valence electrons. The second kappa shape index (κ2) is 9.34. The molecule has 3 aromatic rings. The summed E-state index contributed by atoms with van der Waals surface area (Å²) < 4.78 is 22.5. The van der Waals surface area contributed by atoms with E-state index in [0.717, 1.165) is 12.8 Å². The molecule has 1 saturated carbocycles. The molecular formula is C26H25ClFN3O4. The number of esters is 1. The number of ether oxygens (including phenoxy) is 1. The minimum Gasteiger partial charge on any atom is -0.457 e. The first-order chi connectivity index (χ1) is 16.8. The maximum Gasteiger partial charge on any atom is 0.343 e. The van der Waals surface area contributed by atoms with Crippen molar-refractivity contribution in [2.75, 3.05) is 31.1 Å². The number of hydrogen-bond donors (Lipinski definition) is 0. The second-order valence-corrected chi connectivity index (χ2v) is 9.47. The van der Waals surface area contributed by atoms with Crippen molar-refractivity contribution in [2.45, 2.75) is 32.4 Å². The Bertz CT molecular complexity index is 1380. The average Bonchev–Trinajstić information content (AvgIpc) is 3.68. The molecule has 2 heterocycles. The summed E-state index contributed by atoms with van der Waals surface area (Å²) in [5.41, 5.74) is 1.02. The minimum absolute atomic E-state index is 0.000910. The van der Waals surface area contributed by atoms with Gasteiger partial charge in [-0.05, 0) is 42.7 Å². The highest BCUT2D eigenvalue weighted by atomic mass is 35.5. The molecule has 35 heavy (non-hydrogen) atoms. The van der Waals surface area contributed by atoms with Gasteiger partial charge in [-0.3, -0.25) is 9.59 Å². The third-order valence-electron chi connectivity index (χ3n) is 6.59. The molecule has 0 bridgehead atoms. The van der Waals surface area contributed by atoms with E-state index in [2.05, 4.69) is 0 Å². The van der Waals surface area contributed by atoms with Gasteiger partial charge in [-0.1, -0.05) is 23.7 Å². The number of benzene rings is 2. The Morgan fingerprint density at radius 2 is 1.86 bits per heavy atom. The quantitative estimate of drug-likeness (QED) is 0.495. The molecule has 7 nitrogen and oxygen atoms in total. The van der Waals surface area contributed by atoms with Crippen LogP contribution in [0.3, 0.4) is 0 Å². The van der Waals surface area contributed by atoms with E-state index < -0.39 is 17.2 Å². The van der Waals surface area contributed by atoms with E-state index in [-0.39, 0.29) is 29.5 Å². The number of aromatic nitrogens is 1. The number of fused-ring (bicyclic) bond motifs is 1. The van der Waals surface area contributed by atoms with Crippen molar-refractivity contribution in [2.24, 2.45) is 0 Å². The van der Waals surface area contributed by atoms with Gasteiger partial charge in [0.1, 0.15) is 18.0 Å². The van der Waals surface area contributed by atoms with Crippen LogP contribution in [0.15, 0.2) is 47.4 Å². The molecule has 0 N–H and O–H groups in total. The molecule has 2 aliphatic rings. The molecule has 1 aliphatic carbocycles. The molecular weight excluding hydrogens is 473 g/mol. The van der Waals surface area contributed by atoms with Gasteiger partial charge >= 0.3 is 5.97 Å². The number of carbonyl (C=O) groups is 2. The number of rotatable bonds is 5. The number of carbonyl (C=O) groups excluding carboxylic acids is 2. The van der Waals surface area contributed by atoms with Gasteiger partial charge in [0.25, 0.3) is 0 Å². The maximum atomic E-state index is 15.2. The summed E-state index contributed by atoms with van der Waals surface area (Å²) >= 11 is 5.98. The first kappa shape index (κ1) is 23.4. The fourth-order valence-electron chi connectivity index (χ4n) is 4.52. The minimum atomic E-state index is -0.754. The number of amides is 1. The van der Waals surface area contributed by atoms with Crippen LogP contribution in [0.25, 0.3) is 10.9 Å². The van der Waals surface area contributed by atoms with Gasteiger partial charge in [-0.2, -0.15) is 0 Å². The summed E-state index contributed by atoms with van der Waals surface area (Å²) in [6, 6.07) is 9.98. The Balaban J connectivity index is 1.47. The normalized spacial score (nSPS) is 16.0. The van der Waals surface area contributed by atoms with Gasteiger partial charge < -0.3 is 19.1 Å². The number of anilines is 1. The third kappa shape index (κ3) is 4.75. The monoisotopic (exact) mass is 497 g/mol. The number of nitrogens with zero attached hydrogens (tertiary/aromatic N) is 3. The Morgan fingerprint density at radius 3 is 2.51 bits per heavy atom. The first-order valence-electron chi connectivity index (χ1n) is 11.6. The average molecular weight is 498 g/mol. The fraction of sp³-hybridized carbons (Fsp3) is 0.346. The lowest BCUT2D eigenvalue weighted by molar-refractivity contribution is -0.129. The smallest absolute Gasteiger partial charge is 0.343 e. The molecule has 0 atom stereocenters. The van der Waals surface area contributed by atoms with Crippen LogP contribution >= 0.6 is 11.6 Å². The molecule has 9 heteroatoms. The zero-order chi connectivity index (χ0) is 24.7. The second-order valence-electron chi connectivity index (χ2n) is 9.03. The van der Waals surface area contributed by atoms with E-state index in [1.165, 1.54) is 19.2 Å². The topological polar surface area (TPSA) is 71.8 Å². The van der Waals surface area contributed by atoms with Crippen LogP contribution in [0.4, 0.5) is 10.1 Å². The van der Waals surface area contributed by atoms with Gasteiger partial charge in [0.15, 0.2) is 0 Å². The van der Waals surface area contributed by atoms with Gasteiger partial charge in [-0.25, -0.2) is 9.18 Å². The van der Waals surface area contributed by atoms with Crippen LogP contribution in [0.1, 0.15) is 41.7 Å². The van der Waals surface area contributed by atoms with Gasteiger partial charge in [-0.15, -0.1) is 0 Å². The summed E-state index contributed by atoms with van der Waals surface area (Å²) in [6.45, 7) is 3.53. The third-order valence-corrected chi connectivity index (χ3v) is 6.82. The summed E-state index contributed by atoms with van der Waals surface area (Å²) in [6.07, 6.45) is 3.37. The van der Waals surface area contributed by atoms with Crippen molar-refractivity contribution < 1.29 is 18.7 Å². The molecule has 0 unspecified atom stereocenters. The molecule has 1 aromatic heterocycles. The number of pyridine rings is 1. The maximum absolute atomic E-state index is 15.2. The van der Waals surface area contributed by atoms with E-state index in [9.17, 15) is 14.4 Å². The Kier molecular flexibility index (Phi) is 6.23. The highest BCUT2D eigenvalue weighted by molar-refractivity contribution is 6.30. The van der Waals surface area contributed by atoms with Crippen molar-refractivity contribution in [1.29, 1.82) is 0 Å². The molecule has 1 saturated heterocycles. The molecule has 0 spiro atoms. The van der Waals surface area contributed by atoms with Gasteiger partial charge in [0.05, 0.1) is 11.2 Å². The van der Waals surface area contributed by atoms with Crippen molar-refractivity contribution in [1.82, 2.24) is 9.47 Å². The van der Waals surface area contributed by atoms with E-state index in [4.69, 9.17) is 16.3 Å². The van der Waals surface area contributed by atoms with E-state index >= 15 is 4.39 Å².